The second-order valence-corrected chi connectivity index (χ2v) is 12.3. The second kappa shape index (κ2) is 18.5. The minimum Gasteiger partial charge on any atom is -0.494 e. The first-order chi connectivity index (χ1) is 25.2. The molecule has 52 heavy (non-hydrogen) atoms. The average molecular weight is 756 g/mol. The molecule has 274 valence electrons. The highest BCUT2D eigenvalue weighted by molar-refractivity contribution is 6.34. The lowest BCUT2D eigenvalue weighted by atomic mass is 10.0. The van der Waals surface area contributed by atoms with Crippen LogP contribution in [0.4, 0.5) is 0 Å². The third-order valence-electron chi connectivity index (χ3n) is 7.92. The van der Waals surface area contributed by atoms with Gasteiger partial charge < -0.3 is 40.0 Å². The molecule has 0 aliphatic carbocycles. The Morgan fingerprint density at radius 1 is 0.769 bits per heavy atom. The summed E-state index contributed by atoms with van der Waals surface area (Å²) in [5, 5.41) is 51.0. The number of aliphatic hydroxyl groups excluding tert-OH is 2. The summed E-state index contributed by atoms with van der Waals surface area (Å²) in [4.78, 5) is 22.5. The number of aliphatic carboxylic acids is 2. The molecule has 6 N–H and O–H groups in total. The molecule has 5 rings (SSSR count). The lowest BCUT2D eigenvalue weighted by Gasteiger charge is -2.18. The Labute approximate surface area is 307 Å². The molecule has 4 aromatic carbocycles. The smallest absolute Gasteiger partial charge is 0.323 e. The van der Waals surface area contributed by atoms with Gasteiger partial charge in [-0.2, -0.15) is 0 Å². The van der Waals surface area contributed by atoms with Crippen molar-refractivity contribution in [3.8, 4) is 28.4 Å². The number of carbonyl (C=O) groups is 2. The standard InChI is InChI=1S/C36H36Cl2N4O10/c37-27-14-24(16-40-31(18-44)36(47)48)32(50-19-21-8-9-28-29(12-21)42-52-41-28)15-33(27)51-20-23-5-2-7-26(34(23)38)22-4-1-6-25(13-22)49-11-3-10-39-30(17-43)35(45)46/h1-2,4-9,12-15,30-31,39-40,43-44H,3,10-11,16-20H2,(H,45,46)(H,47,48). The zero-order valence-corrected chi connectivity index (χ0v) is 29.1. The summed E-state index contributed by atoms with van der Waals surface area (Å²) < 4.78 is 22.9. The Morgan fingerprint density at radius 2 is 1.50 bits per heavy atom. The number of nitrogens with zero attached hydrogens (tertiary/aromatic N) is 2. The maximum Gasteiger partial charge on any atom is 0.323 e. The van der Waals surface area contributed by atoms with Crippen LogP contribution in [0.15, 0.2) is 77.4 Å². The van der Waals surface area contributed by atoms with Crippen molar-refractivity contribution < 1.29 is 48.9 Å². The van der Waals surface area contributed by atoms with E-state index in [1.54, 1.807) is 24.3 Å². The molecule has 16 heteroatoms. The van der Waals surface area contributed by atoms with Gasteiger partial charge in [0.15, 0.2) is 0 Å². The van der Waals surface area contributed by atoms with Crippen molar-refractivity contribution in [3.05, 3.63) is 99.5 Å². The van der Waals surface area contributed by atoms with Crippen LogP contribution >= 0.6 is 23.2 Å². The molecule has 0 radical (unpaired) electrons. The molecular weight excluding hydrogens is 719 g/mol. The van der Waals surface area contributed by atoms with Crippen LogP contribution in [0.2, 0.25) is 10.0 Å². The summed E-state index contributed by atoms with van der Waals surface area (Å²) in [6.45, 7) is -0.214. The minimum absolute atomic E-state index is 0.0293. The Kier molecular flexibility index (Phi) is 13.6. The van der Waals surface area contributed by atoms with Crippen LogP contribution in [-0.4, -0.2) is 81.1 Å². The predicted octanol–water partition coefficient (Wildman–Crippen LogP) is 4.69. The SMILES string of the molecule is O=C(O)C(CO)NCCCOc1cccc(-c2cccc(COc3cc(OCc4ccc5nonc5c4)c(CNC(CO)C(=O)O)cc3Cl)c2Cl)c1. The van der Waals surface area contributed by atoms with E-state index in [1.165, 1.54) is 0 Å². The quantitative estimate of drug-likeness (QED) is 0.0597. The van der Waals surface area contributed by atoms with Gasteiger partial charge in [0.2, 0.25) is 0 Å². The molecule has 0 fully saturated rings. The Hall–Kier alpha value is -4.96. The molecule has 0 spiro atoms. The third-order valence-corrected chi connectivity index (χ3v) is 8.66. The number of carboxylic acids is 2. The molecule has 1 aromatic heterocycles. The van der Waals surface area contributed by atoms with Gasteiger partial charge in [0.05, 0.1) is 29.9 Å². The summed E-state index contributed by atoms with van der Waals surface area (Å²) in [6, 6.07) is 19.3. The number of hydrogen-bond donors (Lipinski definition) is 6. The van der Waals surface area contributed by atoms with Gasteiger partial charge in [0, 0.05) is 29.3 Å². The van der Waals surface area contributed by atoms with Crippen molar-refractivity contribution >= 4 is 46.2 Å². The first-order valence-electron chi connectivity index (χ1n) is 16.1. The summed E-state index contributed by atoms with van der Waals surface area (Å²) >= 11 is 13.5. The van der Waals surface area contributed by atoms with Gasteiger partial charge in [0.25, 0.3) is 0 Å². The van der Waals surface area contributed by atoms with Crippen molar-refractivity contribution in [1.29, 1.82) is 0 Å². The number of halogens is 2. The molecule has 1 heterocycles. The number of rotatable bonds is 20. The number of ether oxygens (including phenoxy) is 3. The monoisotopic (exact) mass is 754 g/mol. The topological polar surface area (TPSA) is 206 Å². The number of hydrogen-bond acceptors (Lipinski definition) is 12. The molecule has 0 bridgehead atoms. The summed E-state index contributed by atoms with van der Waals surface area (Å²) in [7, 11) is 0. The molecule has 0 aliphatic rings. The van der Waals surface area contributed by atoms with Crippen LogP contribution < -0.4 is 24.8 Å². The van der Waals surface area contributed by atoms with Crippen LogP contribution in [-0.2, 0) is 29.3 Å². The van der Waals surface area contributed by atoms with E-state index in [9.17, 15) is 19.8 Å². The van der Waals surface area contributed by atoms with Crippen LogP contribution in [0.3, 0.4) is 0 Å². The van der Waals surface area contributed by atoms with Crippen molar-refractivity contribution in [2.24, 2.45) is 0 Å². The molecule has 2 atom stereocenters. The molecule has 0 aliphatic heterocycles. The normalized spacial score (nSPS) is 12.4. The largest absolute Gasteiger partial charge is 0.494 e. The van der Waals surface area contributed by atoms with E-state index in [0.29, 0.717) is 64.0 Å². The predicted molar refractivity (Wildman–Crippen MR) is 191 cm³/mol. The first kappa shape index (κ1) is 38.3. The Bertz CT molecular complexity index is 1990. The summed E-state index contributed by atoms with van der Waals surface area (Å²) in [6.07, 6.45) is 0.524. The highest BCUT2D eigenvalue weighted by atomic mass is 35.5. The fraction of sp³-hybridized carbons (Fsp3) is 0.278. The fourth-order valence-corrected chi connectivity index (χ4v) is 5.62. The number of carboxylic acid groups (broad SMARTS) is 2. The zero-order valence-electron chi connectivity index (χ0n) is 27.6. The van der Waals surface area contributed by atoms with E-state index in [4.69, 9.17) is 52.3 Å². The van der Waals surface area contributed by atoms with E-state index in [-0.39, 0.29) is 24.8 Å². The van der Waals surface area contributed by atoms with E-state index in [2.05, 4.69) is 20.9 Å². The van der Waals surface area contributed by atoms with Crippen LogP contribution in [0.5, 0.6) is 17.2 Å². The van der Waals surface area contributed by atoms with Crippen LogP contribution in [0.25, 0.3) is 22.2 Å². The first-order valence-corrected chi connectivity index (χ1v) is 16.9. The molecule has 14 nitrogen and oxygen atoms in total. The van der Waals surface area contributed by atoms with E-state index in [0.717, 1.165) is 16.7 Å². The zero-order chi connectivity index (χ0) is 37.0. The maximum atomic E-state index is 11.5. The molecule has 0 saturated carbocycles. The fourth-order valence-electron chi connectivity index (χ4n) is 5.09. The third kappa shape index (κ3) is 10.1. The minimum atomic E-state index is -1.20. The number of fused-ring (bicyclic) bond motifs is 1. The summed E-state index contributed by atoms with van der Waals surface area (Å²) in [5.74, 6) is -1.05. The molecule has 0 saturated heterocycles. The van der Waals surface area contributed by atoms with E-state index < -0.39 is 37.2 Å². The Balaban J connectivity index is 1.28. The van der Waals surface area contributed by atoms with Gasteiger partial charge in [-0.3, -0.25) is 14.9 Å². The van der Waals surface area contributed by atoms with Gasteiger partial charge in [-0.25, -0.2) is 4.63 Å². The van der Waals surface area contributed by atoms with Crippen molar-refractivity contribution in [3.63, 3.8) is 0 Å². The van der Waals surface area contributed by atoms with Gasteiger partial charge >= 0.3 is 11.9 Å². The van der Waals surface area contributed by atoms with Crippen molar-refractivity contribution in [1.82, 2.24) is 20.9 Å². The van der Waals surface area contributed by atoms with Crippen LogP contribution in [0, 0.1) is 0 Å². The molecule has 2 unspecified atom stereocenters. The molecule has 5 aromatic rings. The number of aromatic nitrogens is 2. The highest BCUT2D eigenvalue weighted by Gasteiger charge is 2.19. The van der Waals surface area contributed by atoms with Gasteiger partial charge in [-0.15, -0.1) is 0 Å². The van der Waals surface area contributed by atoms with Gasteiger partial charge in [0.1, 0.15) is 53.6 Å². The number of aliphatic hydroxyl groups is 2. The van der Waals surface area contributed by atoms with E-state index >= 15 is 0 Å². The molecule has 0 amide bonds. The van der Waals surface area contributed by atoms with Crippen molar-refractivity contribution in [2.45, 2.75) is 38.3 Å². The van der Waals surface area contributed by atoms with Gasteiger partial charge in [-0.1, -0.05) is 59.6 Å². The summed E-state index contributed by atoms with van der Waals surface area (Å²) in [5.41, 5.74) is 4.71. The second-order valence-electron chi connectivity index (χ2n) is 11.5. The van der Waals surface area contributed by atoms with Crippen molar-refractivity contribution in [2.75, 3.05) is 26.4 Å². The highest BCUT2D eigenvalue weighted by Crippen LogP contribution is 2.36. The number of nitrogens with one attached hydrogen (secondary N) is 2. The van der Waals surface area contributed by atoms with Gasteiger partial charge in [-0.05, 0) is 64.7 Å². The number of benzene rings is 4. The molecular formula is C36H36Cl2N4O10. The lowest BCUT2D eigenvalue weighted by molar-refractivity contribution is -0.141. The average Bonchev–Trinajstić information content (AvgIpc) is 3.61. The van der Waals surface area contributed by atoms with Crippen LogP contribution in [0.1, 0.15) is 23.1 Å². The lowest BCUT2D eigenvalue weighted by Crippen LogP contribution is -2.40. The van der Waals surface area contributed by atoms with E-state index in [1.807, 2.05) is 48.5 Å². The Morgan fingerprint density at radius 3 is 2.27 bits per heavy atom. The maximum absolute atomic E-state index is 11.5.